The van der Waals surface area contributed by atoms with Crippen LogP contribution < -0.4 is 16.4 Å². The van der Waals surface area contributed by atoms with E-state index < -0.39 is 10.0 Å². The zero-order valence-electron chi connectivity index (χ0n) is 14.9. The Morgan fingerprint density at radius 3 is 2.35 bits per heavy atom. The van der Waals surface area contributed by atoms with Crippen molar-refractivity contribution in [2.45, 2.75) is 18.7 Å². The van der Waals surface area contributed by atoms with Gasteiger partial charge in [-0.05, 0) is 24.3 Å². The van der Waals surface area contributed by atoms with Crippen molar-refractivity contribution < 1.29 is 8.42 Å². The fourth-order valence-corrected chi connectivity index (χ4v) is 3.82. The number of nitrogen functional groups attached to an aromatic ring is 1. The molecule has 0 aliphatic heterocycles. The topological polar surface area (TPSA) is 113 Å². The summed E-state index contributed by atoms with van der Waals surface area (Å²) in [7, 11) is -3.48. The zero-order valence-corrected chi connectivity index (χ0v) is 15.8. The van der Waals surface area contributed by atoms with Crippen molar-refractivity contribution in [3.63, 3.8) is 0 Å². The lowest BCUT2D eigenvalue weighted by molar-refractivity contribution is 0.445. The molecule has 1 aromatic carbocycles. The van der Waals surface area contributed by atoms with E-state index in [1.807, 2.05) is 13.8 Å². The molecule has 1 heterocycles. The van der Waals surface area contributed by atoms with Gasteiger partial charge in [0.05, 0.1) is 4.90 Å². The highest BCUT2D eigenvalue weighted by Crippen LogP contribution is 2.26. The van der Waals surface area contributed by atoms with Gasteiger partial charge in [0.15, 0.2) is 11.6 Å². The number of benzene rings is 1. The summed E-state index contributed by atoms with van der Waals surface area (Å²) in [6, 6.07) is 6.47. The van der Waals surface area contributed by atoms with Crippen LogP contribution in [0.4, 0.5) is 23.0 Å². The minimum Gasteiger partial charge on any atom is -0.393 e. The molecule has 0 atom stereocenters. The van der Waals surface area contributed by atoms with Gasteiger partial charge in [-0.1, -0.05) is 19.9 Å². The lowest BCUT2D eigenvalue weighted by Crippen LogP contribution is -2.30. The molecule has 2 aromatic rings. The number of rotatable bonds is 9. The standard InChI is InChI=1S/C17H24N6O2S/c1-4-11-19-16-15(18)17(21-12-20-16)22-13-7-9-14(10-8-13)26(24,25)23(5-2)6-3/h4,7-10,12H,1,5-6,11,18H2,2-3H3,(H2,19,20,21,22). The lowest BCUT2D eigenvalue weighted by atomic mass is 10.3. The number of nitrogens with two attached hydrogens (primary N) is 1. The highest BCUT2D eigenvalue weighted by Gasteiger charge is 2.21. The van der Waals surface area contributed by atoms with Crippen LogP contribution in [0.5, 0.6) is 0 Å². The third kappa shape index (κ3) is 4.30. The van der Waals surface area contributed by atoms with Crippen LogP contribution in [0, 0.1) is 0 Å². The Morgan fingerprint density at radius 1 is 1.15 bits per heavy atom. The Hall–Kier alpha value is -2.65. The molecule has 0 spiro atoms. The Labute approximate surface area is 154 Å². The van der Waals surface area contributed by atoms with Gasteiger partial charge in [-0.2, -0.15) is 4.31 Å². The predicted octanol–water partition coefficient (Wildman–Crippen LogP) is 2.43. The van der Waals surface area contributed by atoms with Crippen molar-refractivity contribution in [1.29, 1.82) is 0 Å². The smallest absolute Gasteiger partial charge is 0.243 e. The first-order valence-electron chi connectivity index (χ1n) is 8.26. The molecule has 26 heavy (non-hydrogen) atoms. The van der Waals surface area contributed by atoms with Crippen molar-refractivity contribution in [2.24, 2.45) is 0 Å². The summed E-state index contributed by atoms with van der Waals surface area (Å²) in [5.41, 5.74) is 7.10. The lowest BCUT2D eigenvalue weighted by Gasteiger charge is -2.18. The minimum atomic E-state index is -3.48. The molecule has 4 N–H and O–H groups in total. The molecular formula is C17H24N6O2S. The summed E-state index contributed by atoms with van der Waals surface area (Å²) < 4.78 is 26.4. The van der Waals surface area contributed by atoms with Crippen LogP contribution >= 0.6 is 0 Å². The minimum absolute atomic E-state index is 0.246. The Morgan fingerprint density at radius 2 is 1.77 bits per heavy atom. The monoisotopic (exact) mass is 376 g/mol. The Bertz CT molecular complexity index is 848. The van der Waals surface area contributed by atoms with Gasteiger partial charge in [0.25, 0.3) is 0 Å². The van der Waals surface area contributed by atoms with E-state index in [0.29, 0.717) is 42.6 Å². The van der Waals surface area contributed by atoms with Crippen molar-refractivity contribution in [2.75, 3.05) is 36.0 Å². The van der Waals surface area contributed by atoms with Gasteiger partial charge < -0.3 is 16.4 Å². The van der Waals surface area contributed by atoms with E-state index in [1.54, 1.807) is 30.3 Å². The second-order valence-electron chi connectivity index (χ2n) is 5.39. The maximum Gasteiger partial charge on any atom is 0.243 e. The van der Waals surface area contributed by atoms with E-state index >= 15 is 0 Å². The fourth-order valence-electron chi connectivity index (χ4n) is 2.36. The molecule has 0 aliphatic carbocycles. The molecule has 0 saturated carbocycles. The second-order valence-corrected chi connectivity index (χ2v) is 7.33. The van der Waals surface area contributed by atoms with E-state index in [-0.39, 0.29) is 4.90 Å². The second kappa shape index (κ2) is 8.63. The van der Waals surface area contributed by atoms with Gasteiger partial charge in [-0.25, -0.2) is 18.4 Å². The number of anilines is 4. The predicted molar refractivity (Wildman–Crippen MR) is 105 cm³/mol. The molecule has 8 nitrogen and oxygen atoms in total. The first-order valence-corrected chi connectivity index (χ1v) is 9.70. The third-order valence-electron chi connectivity index (χ3n) is 3.76. The van der Waals surface area contributed by atoms with Crippen molar-refractivity contribution in [3.05, 3.63) is 43.2 Å². The van der Waals surface area contributed by atoms with Crippen molar-refractivity contribution >= 4 is 33.0 Å². The van der Waals surface area contributed by atoms with Gasteiger partial charge in [-0.15, -0.1) is 6.58 Å². The molecule has 0 saturated heterocycles. The maximum atomic E-state index is 12.5. The van der Waals surface area contributed by atoms with E-state index in [9.17, 15) is 8.42 Å². The molecule has 0 fully saturated rings. The summed E-state index contributed by atoms with van der Waals surface area (Å²) in [5.74, 6) is 0.939. The highest BCUT2D eigenvalue weighted by atomic mass is 32.2. The molecule has 0 aliphatic rings. The number of nitrogens with one attached hydrogen (secondary N) is 2. The number of aromatic nitrogens is 2. The fraction of sp³-hybridized carbons (Fsp3) is 0.294. The van der Waals surface area contributed by atoms with Crippen molar-refractivity contribution in [3.8, 4) is 0 Å². The van der Waals surface area contributed by atoms with Crippen LogP contribution in [0.3, 0.4) is 0 Å². The molecule has 1 aromatic heterocycles. The van der Waals surface area contributed by atoms with Gasteiger partial charge in [0, 0.05) is 25.3 Å². The summed E-state index contributed by atoms with van der Waals surface area (Å²) in [6.45, 7) is 8.64. The maximum absolute atomic E-state index is 12.5. The van der Waals surface area contributed by atoms with E-state index in [2.05, 4.69) is 27.2 Å². The number of hydrogen-bond acceptors (Lipinski definition) is 7. The average molecular weight is 376 g/mol. The number of sulfonamides is 1. The largest absolute Gasteiger partial charge is 0.393 e. The normalized spacial score (nSPS) is 11.3. The zero-order chi connectivity index (χ0) is 19.2. The molecule has 9 heteroatoms. The SMILES string of the molecule is C=CCNc1ncnc(Nc2ccc(S(=O)(=O)N(CC)CC)cc2)c1N. The highest BCUT2D eigenvalue weighted by molar-refractivity contribution is 7.89. The van der Waals surface area contributed by atoms with Crippen LogP contribution in [0.15, 0.2) is 48.1 Å². The molecule has 0 radical (unpaired) electrons. The Kier molecular flexibility index (Phi) is 6.53. The summed E-state index contributed by atoms with van der Waals surface area (Å²) in [4.78, 5) is 8.46. The van der Waals surface area contributed by atoms with Gasteiger partial charge in [-0.3, -0.25) is 0 Å². The van der Waals surface area contributed by atoms with Crippen LogP contribution in [-0.2, 0) is 10.0 Å². The summed E-state index contributed by atoms with van der Waals surface area (Å²) >= 11 is 0. The molecular weight excluding hydrogens is 352 g/mol. The van der Waals surface area contributed by atoms with E-state index in [4.69, 9.17) is 5.73 Å². The van der Waals surface area contributed by atoms with Crippen LogP contribution in [0.1, 0.15) is 13.8 Å². The molecule has 2 rings (SSSR count). The first kappa shape index (κ1) is 19.7. The van der Waals surface area contributed by atoms with E-state index in [0.717, 1.165) is 0 Å². The third-order valence-corrected chi connectivity index (χ3v) is 5.82. The van der Waals surface area contributed by atoms with Crippen LogP contribution in [0.2, 0.25) is 0 Å². The van der Waals surface area contributed by atoms with Crippen LogP contribution in [-0.4, -0.2) is 42.3 Å². The van der Waals surface area contributed by atoms with Crippen molar-refractivity contribution in [1.82, 2.24) is 14.3 Å². The quantitative estimate of drug-likeness (QED) is 0.576. The molecule has 0 unspecified atom stereocenters. The number of nitrogens with zero attached hydrogens (tertiary/aromatic N) is 3. The molecule has 0 amide bonds. The molecule has 140 valence electrons. The van der Waals surface area contributed by atoms with Crippen LogP contribution in [0.25, 0.3) is 0 Å². The molecule has 0 bridgehead atoms. The Balaban J connectivity index is 2.21. The first-order chi connectivity index (χ1) is 12.4. The van der Waals surface area contributed by atoms with Gasteiger partial charge in [0.1, 0.15) is 12.0 Å². The average Bonchev–Trinajstić information content (AvgIpc) is 2.63. The number of hydrogen-bond donors (Lipinski definition) is 3. The summed E-state index contributed by atoms with van der Waals surface area (Å²) in [5, 5.41) is 6.10. The van der Waals surface area contributed by atoms with E-state index in [1.165, 1.54) is 10.6 Å². The van der Waals surface area contributed by atoms with Gasteiger partial charge in [0.2, 0.25) is 10.0 Å². The summed E-state index contributed by atoms with van der Waals surface area (Å²) in [6.07, 6.45) is 3.09. The van der Waals surface area contributed by atoms with Gasteiger partial charge >= 0.3 is 0 Å².